The van der Waals surface area contributed by atoms with Crippen molar-refractivity contribution in [1.82, 2.24) is 25.7 Å². The number of imidazole rings is 1. The van der Waals surface area contributed by atoms with Crippen LogP contribution in [-0.4, -0.2) is 72.0 Å². The molecule has 0 bridgehead atoms. The highest BCUT2D eigenvalue weighted by atomic mass is 32.2. The minimum absolute atomic E-state index is 0. The Bertz CT molecular complexity index is 2240. The maximum atomic E-state index is 13.3. The summed E-state index contributed by atoms with van der Waals surface area (Å²) >= 11 is 1.38. The zero-order chi connectivity index (χ0) is 42.0. The Morgan fingerprint density at radius 1 is 0.949 bits per heavy atom. The second kappa shape index (κ2) is 18.4. The summed E-state index contributed by atoms with van der Waals surface area (Å²) in [5.74, 6) is 0.570. The van der Waals surface area contributed by atoms with E-state index >= 15 is 0 Å². The lowest BCUT2D eigenvalue weighted by molar-refractivity contribution is -0.192. The van der Waals surface area contributed by atoms with E-state index in [0.29, 0.717) is 11.5 Å². The molecule has 1 saturated heterocycles. The number of carbonyl (C=O) groups is 1. The number of H-pyrrole nitrogens is 1. The van der Waals surface area contributed by atoms with Crippen molar-refractivity contribution >= 4 is 51.4 Å². The first-order chi connectivity index (χ1) is 27.5. The third-order valence-corrected chi connectivity index (χ3v) is 17.3. The second-order valence-electron chi connectivity index (χ2n) is 15.9. The van der Waals surface area contributed by atoms with Gasteiger partial charge in [-0.25, -0.2) is 4.98 Å². The molecule has 6 rings (SSSR count). The van der Waals surface area contributed by atoms with Crippen molar-refractivity contribution in [2.24, 2.45) is 5.92 Å². The number of quaternary nitrogens is 1. The van der Waals surface area contributed by atoms with Crippen LogP contribution in [0.1, 0.15) is 56.7 Å². The number of rotatable bonds is 15. The molecule has 5 atom stereocenters. The van der Waals surface area contributed by atoms with Gasteiger partial charge in [0, 0.05) is 5.92 Å². The fourth-order valence-corrected chi connectivity index (χ4v) is 10.1. The van der Waals surface area contributed by atoms with Gasteiger partial charge in [0.2, 0.25) is 11.9 Å². The highest BCUT2D eigenvalue weighted by molar-refractivity contribution is 8.00. The van der Waals surface area contributed by atoms with E-state index in [1.54, 1.807) is 32.6 Å². The van der Waals surface area contributed by atoms with Crippen LogP contribution in [0.5, 0.6) is 11.5 Å². The van der Waals surface area contributed by atoms with Gasteiger partial charge >= 0.3 is 8.25 Å². The van der Waals surface area contributed by atoms with Gasteiger partial charge in [0.05, 0.1) is 38.5 Å². The molecule has 316 valence electrons. The Morgan fingerprint density at radius 2 is 1.51 bits per heavy atom. The molecule has 1 unspecified atom stereocenters. The summed E-state index contributed by atoms with van der Waals surface area (Å²) in [4.78, 5) is 50.0. The van der Waals surface area contributed by atoms with Crippen molar-refractivity contribution in [3.05, 3.63) is 112 Å². The normalized spacial score (nSPS) is 18.7. The van der Waals surface area contributed by atoms with Gasteiger partial charge in [-0.1, -0.05) is 89.2 Å². The van der Waals surface area contributed by atoms with Crippen LogP contribution in [0.2, 0.25) is 18.1 Å². The lowest BCUT2D eigenvalue weighted by Gasteiger charge is -2.41. The predicted molar refractivity (Wildman–Crippen MR) is 231 cm³/mol. The summed E-state index contributed by atoms with van der Waals surface area (Å²) in [6.07, 6.45) is -0.472. The third-order valence-electron chi connectivity index (χ3n) is 10.8. The minimum Gasteiger partial charge on any atom is -0.566 e. The molecule has 18 heteroatoms. The molecule has 0 saturated carbocycles. The number of aromatic nitrogens is 4. The molecule has 3 aromatic carbocycles. The van der Waals surface area contributed by atoms with Crippen LogP contribution < -0.4 is 31.4 Å². The van der Waals surface area contributed by atoms with Crippen LogP contribution in [0.25, 0.3) is 11.2 Å². The molecular weight excluding hydrogens is 812 g/mol. The number of thioether (sulfide) groups is 1. The molecule has 3 heterocycles. The van der Waals surface area contributed by atoms with Gasteiger partial charge in [-0.3, -0.25) is 24.5 Å². The van der Waals surface area contributed by atoms with E-state index < -0.39 is 50.6 Å². The SMILES string of the molecule is COc1ccc(C(OC[C@H]2S[C@@H](n3cnc4c(=O)[nH]c(NC(=O)C(C)C)nc43)[C@H](O[P+](=O)[O-])[C@@H]2O[Si](C)(C)C(C)(C)C)(c2ccccc2)c2ccc(OC)cc2)cc1.[NH4+]. The average molecular weight is 866 g/mol. The molecule has 15 nitrogen and oxygen atoms in total. The van der Waals surface area contributed by atoms with Gasteiger partial charge in [-0.15, -0.1) is 16.3 Å². The maximum Gasteiger partial charge on any atom is 0.488 e. The van der Waals surface area contributed by atoms with Gasteiger partial charge in [-0.2, -0.15) is 4.98 Å². The van der Waals surface area contributed by atoms with E-state index in [1.807, 2.05) is 78.9 Å². The van der Waals surface area contributed by atoms with Crippen LogP contribution in [0.3, 0.4) is 0 Å². The molecule has 1 amide bonds. The van der Waals surface area contributed by atoms with Gasteiger partial charge in [-0.05, 0) is 63.7 Å². The average Bonchev–Trinajstić information content (AvgIpc) is 3.76. The number of benzene rings is 3. The summed E-state index contributed by atoms with van der Waals surface area (Å²) in [5, 5.41) is 1.06. The van der Waals surface area contributed by atoms with Crippen molar-refractivity contribution in [1.29, 1.82) is 0 Å². The molecule has 1 aliphatic rings. The zero-order valence-corrected chi connectivity index (χ0v) is 37.8. The van der Waals surface area contributed by atoms with Gasteiger partial charge < -0.3 is 29.7 Å². The lowest BCUT2D eigenvalue weighted by atomic mass is 9.80. The van der Waals surface area contributed by atoms with E-state index in [9.17, 15) is 19.0 Å². The summed E-state index contributed by atoms with van der Waals surface area (Å²) in [6, 6.07) is 25.3. The quantitative estimate of drug-likeness (QED) is 0.0529. The van der Waals surface area contributed by atoms with Crippen molar-refractivity contribution in [2.45, 2.75) is 81.2 Å². The van der Waals surface area contributed by atoms with Crippen molar-refractivity contribution in [3.8, 4) is 11.5 Å². The summed E-state index contributed by atoms with van der Waals surface area (Å²) in [7, 11) is -2.77. The molecule has 1 fully saturated rings. The number of fused-ring (bicyclic) bond motifs is 1. The summed E-state index contributed by atoms with van der Waals surface area (Å²) in [6.45, 7) is 14.0. The number of carbonyl (C=O) groups excluding carboxylic acids is 1. The molecule has 6 N–H and O–H groups in total. The fourth-order valence-electron chi connectivity index (χ4n) is 6.65. The fraction of sp³-hybridized carbons (Fsp3) is 0.415. The van der Waals surface area contributed by atoms with Crippen LogP contribution in [0.15, 0.2) is 90.0 Å². The van der Waals surface area contributed by atoms with Crippen molar-refractivity contribution in [3.63, 3.8) is 0 Å². The maximum absolute atomic E-state index is 13.3. The summed E-state index contributed by atoms with van der Waals surface area (Å²) < 4.78 is 45.5. The first kappa shape index (κ1) is 45.6. The third kappa shape index (κ3) is 9.47. The second-order valence-corrected chi connectivity index (χ2v) is 22.7. The predicted octanol–water partition coefficient (Wildman–Crippen LogP) is 7.52. The number of hydrogen-bond donors (Lipinski definition) is 3. The van der Waals surface area contributed by atoms with Crippen LogP contribution >= 0.6 is 20.0 Å². The number of ether oxygens (including phenoxy) is 3. The van der Waals surface area contributed by atoms with E-state index in [0.717, 1.165) is 16.7 Å². The Labute approximate surface area is 350 Å². The molecule has 0 spiro atoms. The van der Waals surface area contributed by atoms with Crippen molar-refractivity contribution in [2.75, 3.05) is 26.1 Å². The van der Waals surface area contributed by atoms with Crippen LogP contribution in [0, 0.1) is 5.92 Å². The van der Waals surface area contributed by atoms with Crippen molar-refractivity contribution < 1.29 is 37.4 Å². The minimum atomic E-state index is -3.38. The van der Waals surface area contributed by atoms with E-state index in [1.165, 1.54) is 18.1 Å². The largest absolute Gasteiger partial charge is 0.566 e. The van der Waals surface area contributed by atoms with Crippen LogP contribution in [0.4, 0.5) is 5.95 Å². The van der Waals surface area contributed by atoms with E-state index in [4.69, 9.17) is 23.2 Å². The number of amides is 1. The molecule has 1 aliphatic heterocycles. The number of aromatic amines is 1. The van der Waals surface area contributed by atoms with E-state index in [-0.39, 0.29) is 46.7 Å². The zero-order valence-electron chi connectivity index (χ0n) is 35.0. The Kier molecular flexibility index (Phi) is 14.3. The van der Waals surface area contributed by atoms with Gasteiger partial charge in [0.1, 0.15) is 22.5 Å². The number of hydrogen-bond acceptors (Lipinski definition) is 12. The van der Waals surface area contributed by atoms with Gasteiger partial charge in [0.15, 0.2) is 25.6 Å². The lowest BCUT2D eigenvalue weighted by Crippen LogP contribution is -2.50. The first-order valence-electron chi connectivity index (χ1n) is 18.9. The number of nitrogens with one attached hydrogen (secondary N) is 2. The monoisotopic (exact) mass is 865 g/mol. The Hall–Kier alpha value is -4.45. The standard InChI is InChI=1S/C41H50N5O9PSSi.H3N/c1-25(2)36(47)44-39-43-35-32(37(48)45-39)42-24-46(35)38-34(54-56(49)50)33(55-58(8,9)40(3,4)5)31(57-38)23-53-41(26-13-11-10-12-14-26,27-15-19-29(51-6)20-16-27)28-17-21-30(52-7)22-18-28;/h10-22,24-25,31,33-34,38H,23H2,1-9H3,(H2,43,44,45,47,48);1H3/p+1/t31-,33-,34-,38-;/m1./s1. The van der Waals surface area contributed by atoms with Gasteiger partial charge in [0.25, 0.3) is 5.56 Å². The topological polar surface area (TPSA) is 215 Å². The Balaban J connectivity index is 0.00000661. The highest BCUT2D eigenvalue weighted by Gasteiger charge is 2.54. The molecule has 5 aromatic rings. The molecular formula is C41H54N6O9PSSi+. The smallest absolute Gasteiger partial charge is 0.488 e. The number of methoxy groups -OCH3 is 2. The number of nitrogens with zero attached hydrogens (tertiary/aromatic N) is 3. The van der Waals surface area contributed by atoms with E-state index in [2.05, 4.69) is 54.1 Å². The highest BCUT2D eigenvalue weighted by Crippen LogP contribution is 2.52. The number of anilines is 1. The molecule has 0 aliphatic carbocycles. The van der Waals surface area contributed by atoms with Crippen LogP contribution in [-0.2, 0) is 28.6 Å². The summed E-state index contributed by atoms with van der Waals surface area (Å²) in [5.41, 5.74) is 0.888. The molecule has 2 aromatic heterocycles. The molecule has 59 heavy (non-hydrogen) atoms. The molecule has 0 radical (unpaired) electrons. The Morgan fingerprint density at radius 3 is 2.02 bits per heavy atom. The first-order valence-corrected chi connectivity index (χ1v) is 23.8.